The molecule has 0 unspecified atom stereocenters. The molecule has 82 valence electrons. The standard InChI is InChI=1S/C11H10BrN3O/c1-7-4-9(2-3-10(7)12)15-11(16)8-5-13-14-6-8/h2-6H,1H3,(H,13,14)(H,15,16). The minimum atomic E-state index is -0.171. The van der Waals surface area contributed by atoms with Gasteiger partial charge in [-0.3, -0.25) is 9.89 Å². The van der Waals surface area contributed by atoms with Crippen molar-refractivity contribution in [3.8, 4) is 0 Å². The summed E-state index contributed by atoms with van der Waals surface area (Å²) in [5, 5.41) is 9.11. The van der Waals surface area contributed by atoms with E-state index < -0.39 is 0 Å². The molecule has 4 nitrogen and oxygen atoms in total. The number of aromatic nitrogens is 2. The highest BCUT2D eigenvalue weighted by molar-refractivity contribution is 9.10. The first kappa shape index (κ1) is 10.9. The first-order valence-corrected chi connectivity index (χ1v) is 5.52. The predicted octanol–water partition coefficient (Wildman–Crippen LogP) is 2.73. The number of aryl methyl sites for hydroxylation is 1. The van der Waals surface area contributed by atoms with Crippen LogP contribution >= 0.6 is 15.9 Å². The van der Waals surface area contributed by atoms with Gasteiger partial charge in [0.1, 0.15) is 0 Å². The fourth-order valence-electron chi connectivity index (χ4n) is 1.30. The Hall–Kier alpha value is -1.62. The lowest BCUT2D eigenvalue weighted by molar-refractivity contribution is 0.102. The van der Waals surface area contributed by atoms with E-state index in [2.05, 4.69) is 31.4 Å². The van der Waals surface area contributed by atoms with Crippen LogP contribution < -0.4 is 5.32 Å². The van der Waals surface area contributed by atoms with E-state index in [1.54, 1.807) is 6.20 Å². The van der Waals surface area contributed by atoms with Gasteiger partial charge in [0.25, 0.3) is 5.91 Å². The van der Waals surface area contributed by atoms with E-state index in [4.69, 9.17) is 0 Å². The van der Waals surface area contributed by atoms with E-state index in [1.165, 1.54) is 6.20 Å². The van der Waals surface area contributed by atoms with E-state index in [1.807, 2.05) is 25.1 Å². The van der Waals surface area contributed by atoms with Crippen LogP contribution in [-0.2, 0) is 0 Å². The Morgan fingerprint density at radius 1 is 1.50 bits per heavy atom. The van der Waals surface area contributed by atoms with Crippen LogP contribution in [-0.4, -0.2) is 16.1 Å². The number of aromatic amines is 1. The molecule has 16 heavy (non-hydrogen) atoms. The number of H-pyrrole nitrogens is 1. The summed E-state index contributed by atoms with van der Waals surface area (Å²) in [6, 6.07) is 5.65. The number of anilines is 1. The van der Waals surface area contributed by atoms with Gasteiger partial charge in [0.2, 0.25) is 0 Å². The summed E-state index contributed by atoms with van der Waals surface area (Å²) in [5.41, 5.74) is 2.36. The summed E-state index contributed by atoms with van der Waals surface area (Å²) in [6.45, 7) is 1.97. The summed E-state index contributed by atoms with van der Waals surface area (Å²) in [6.07, 6.45) is 3.04. The van der Waals surface area contributed by atoms with Crippen molar-refractivity contribution < 1.29 is 4.79 Å². The van der Waals surface area contributed by atoms with E-state index in [-0.39, 0.29) is 5.91 Å². The lowest BCUT2D eigenvalue weighted by Crippen LogP contribution is -2.10. The highest BCUT2D eigenvalue weighted by atomic mass is 79.9. The summed E-state index contributed by atoms with van der Waals surface area (Å²) in [7, 11) is 0. The quantitative estimate of drug-likeness (QED) is 0.888. The average molecular weight is 280 g/mol. The zero-order chi connectivity index (χ0) is 11.5. The molecule has 1 heterocycles. The van der Waals surface area contributed by atoms with Gasteiger partial charge in [0.05, 0.1) is 11.8 Å². The molecule has 0 aliphatic rings. The van der Waals surface area contributed by atoms with Crippen molar-refractivity contribution in [2.24, 2.45) is 0 Å². The molecular weight excluding hydrogens is 270 g/mol. The van der Waals surface area contributed by atoms with Crippen molar-refractivity contribution in [1.29, 1.82) is 0 Å². The molecule has 0 bridgehead atoms. The number of nitrogens with zero attached hydrogens (tertiary/aromatic N) is 1. The Bertz CT molecular complexity index is 508. The van der Waals surface area contributed by atoms with Gasteiger partial charge in [0, 0.05) is 16.4 Å². The van der Waals surface area contributed by atoms with Gasteiger partial charge in [-0.05, 0) is 30.7 Å². The molecule has 0 fully saturated rings. The zero-order valence-corrected chi connectivity index (χ0v) is 10.2. The predicted molar refractivity (Wildman–Crippen MR) is 65.4 cm³/mol. The van der Waals surface area contributed by atoms with Gasteiger partial charge < -0.3 is 5.32 Å². The monoisotopic (exact) mass is 279 g/mol. The molecule has 0 aliphatic carbocycles. The summed E-state index contributed by atoms with van der Waals surface area (Å²) >= 11 is 3.41. The molecule has 0 atom stereocenters. The average Bonchev–Trinajstić information content (AvgIpc) is 2.77. The number of carbonyl (C=O) groups excluding carboxylic acids is 1. The Kier molecular flexibility index (Phi) is 3.05. The maximum Gasteiger partial charge on any atom is 0.258 e. The van der Waals surface area contributed by atoms with Crippen LogP contribution in [0.1, 0.15) is 15.9 Å². The Morgan fingerprint density at radius 3 is 2.94 bits per heavy atom. The molecule has 2 N–H and O–H groups in total. The van der Waals surface area contributed by atoms with Crippen LogP contribution in [0, 0.1) is 6.92 Å². The summed E-state index contributed by atoms with van der Waals surface area (Å²) in [5.74, 6) is -0.171. The second-order valence-corrected chi connectivity index (χ2v) is 4.26. The number of halogens is 1. The maximum absolute atomic E-state index is 11.7. The Labute approximate surface area is 101 Å². The van der Waals surface area contributed by atoms with Crippen LogP contribution in [0.4, 0.5) is 5.69 Å². The largest absolute Gasteiger partial charge is 0.322 e. The van der Waals surface area contributed by atoms with Crippen LogP contribution in [0.15, 0.2) is 35.1 Å². The number of nitrogens with one attached hydrogen (secondary N) is 2. The van der Waals surface area contributed by atoms with Crippen molar-refractivity contribution in [3.63, 3.8) is 0 Å². The normalized spacial score (nSPS) is 10.1. The van der Waals surface area contributed by atoms with Crippen LogP contribution in [0.25, 0.3) is 0 Å². The first-order valence-electron chi connectivity index (χ1n) is 4.73. The van der Waals surface area contributed by atoms with Gasteiger partial charge in [-0.2, -0.15) is 5.10 Å². The van der Waals surface area contributed by atoms with Crippen molar-refractivity contribution in [2.45, 2.75) is 6.92 Å². The first-order chi connectivity index (χ1) is 7.66. The highest BCUT2D eigenvalue weighted by Gasteiger charge is 2.07. The fraction of sp³-hybridized carbons (Fsp3) is 0.0909. The van der Waals surface area contributed by atoms with Gasteiger partial charge >= 0.3 is 0 Å². The molecule has 0 radical (unpaired) electrons. The third-order valence-electron chi connectivity index (χ3n) is 2.18. The third-order valence-corrected chi connectivity index (χ3v) is 3.07. The zero-order valence-electron chi connectivity index (χ0n) is 8.62. The Morgan fingerprint density at radius 2 is 2.31 bits per heavy atom. The lowest BCUT2D eigenvalue weighted by atomic mass is 10.2. The van der Waals surface area contributed by atoms with Crippen molar-refractivity contribution in [2.75, 3.05) is 5.32 Å². The lowest BCUT2D eigenvalue weighted by Gasteiger charge is -2.05. The molecule has 0 spiro atoms. The highest BCUT2D eigenvalue weighted by Crippen LogP contribution is 2.20. The number of hydrogen-bond donors (Lipinski definition) is 2. The van der Waals surface area contributed by atoms with E-state index >= 15 is 0 Å². The second kappa shape index (κ2) is 4.49. The van der Waals surface area contributed by atoms with Crippen molar-refractivity contribution in [3.05, 3.63) is 46.2 Å². The molecule has 1 aromatic heterocycles. The number of hydrogen-bond acceptors (Lipinski definition) is 2. The molecule has 5 heteroatoms. The van der Waals surface area contributed by atoms with E-state index in [0.29, 0.717) is 5.56 Å². The van der Waals surface area contributed by atoms with Gasteiger partial charge in [-0.25, -0.2) is 0 Å². The number of amides is 1. The smallest absolute Gasteiger partial charge is 0.258 e. The molecular formula is C11H10BrN3O. The molecule has 0 saturated carbocycles. The number of benzene rings is 1. The molecule has 2 rings (SSSR count). The Balaban J connectivity index is 2.15. The van der Waals surface area contributed by atoms with Gasteiger partial charge in [-0.15, -0.1) is 0 Å². The number of carbonyl (C=O) groups is 1. The van der Waals surface area contributed by atoms with E-state index in [9.17, 15) is 4.79 Å². The summed E-state index contributed by atoms with van der Waals surface area (Å²) in [4.78, 5) is 11.7. The third kappa shape index (κ3) is 2.30. The fourth-order valence-corrected chi connectivity index (χ4v) is 1.55. The summed E-state index contributed by atoms with van der Waals surface area (Å²) < 4.78 is 1.02. The molecule has 2 aromatic rings. The SMILES string of the molecule is Cc1cc(NC(=O)c2cn[nH]c2)ccc1Br. The van der Waals surface area contributed by atoms with Crippen LogP contribution in [0.3, 0.4) is 0 Å². The minimum Gasteiger partial charge on any atom is -0.322 e. The van der Waals surface area contributed by atoms with E-state index in [0.717, 1.165) is 15.7 Å². The number of rotatable bonds is 2. The van der Waals surface area contributed by atoms with Gasteiger partial charge in [-0.1, -0.05) is 15.9 Å². The minimum absolute atomic E-state index is 0.171. The molecule has 1 amide bonds. The maximum atomic E-state index is 11.7. The van der Waals surface area contributed by atoms with Crippen LogP contribution in [0.2, 0.25) is 0 Å². The van der Waals surface area contributed by atoms with Crippen molar-refractivity contribution in [1.82, 2.24) is 10.2 Å². The van der Waals surface area contributed by atoms with Crippen LogP contribution in [0.5, 0.6) is 0 Å². The van der Waals surface area contributed by atoms with Crippen molar-refractivity contribution >= 4 is 27.5 Å². The topological polar surface area (TPSA) is 57.8 Å². The second-order valence-electron chi connectivity index (χ2n) is 3.41. The van der Waals surface area contributed by atoms with Gasteiger partial charge in [0.15, 0.2) is 0 Å². The molecule has 1 aromatic carbocycles. The molecule has 0 aliphatic heterocycles. The molecule has 0 saturated heterocycles.